The minimum atomic E-state index is -0.145. The summed E-state index contributed by atoms with van der Waals surface area (Å²) in [6.07, 6.45) is 0.954. The maximum atomic E-state index is 13.4. The highest BCUT2D eigenvalue weighted by atomic mass is 32.2. The molecule has 0 saturated heterocycles. The first-order chi connectivity index (χ1) is 10.8. The van der Waals surface area contributed by atoms with Crippen molar-refractivity contribution in [2.75, 3.05) is 18.8 Å². The second kappa shape index (κ2) is 9.48. The van der Waals surface area contributed by atoms with E-state index in [9.17, 15) is 4.39 Å². The van der Waals surface area contributed by atoms with Crippen LogP contribution in [0.4, 0.5) is 4.39 Å². The zero-order valence-corrected chi connectivity index (χ0v) is 13.9. The van der Waals surface area contributed by atoms with Crippen molar-refractivity contribution in [2.24, 2.45) is 10.7 Å². The Balaban J connectivity index is 1.57. The van der Waals surface area contributed by atoms with Gasteiger partial charge in [0.15, 0.2) is 5.96 Å². The Labute approximate surface area is 138 Å². The van der Waals surface area contributed by atoms with Crippen molar-refractivity contribution in [2.45, 2.75) is 12.2 Å². The number of thioether (sulfide) groups is 1. The number of nitrogens with one attached hydrogen (secondary N) is 1. The van der Waals surface area contributed by atoms with Gasteiger partial charge in [0, 0.05) is 22.9 Å². The number of hydrogen-bond acceptors (Lipinski definition) is 3. The molecule has 0 atom stereocenters. The number of thiophene rings is 1. The third kappa shape index (κ3) is 6.07. The van der Waals surface area contributed by atoms with Crippen LogP contribution in [-0.4, -0.2) is 24.8 Å². The molecular weight excluding hydrogens is 317 g/mol. The Kier molecular flexibility index (Phi) is 7.25. The van der Waals surface area contributed by atoms with Crippen molar-refractivity contribution in [3.63, 3.8) is 0 Å². The lowest BCUT2D eigenvalue weighted by molar-refractivity contribution is 0.617. The van der Waals surface area contributed by atoms with Gasteiger partial charge in [-0.25, -0.2) is 4.39 Å². The lowest BCUT2D eigenvalue weighted by Crippen LogP contribution is -2.33. The molecule has 0 fully saturated rings. The van der Waals surface area contributed by atoms with Gasteiger partial charge in [0.05, 0.1) is 6.54 Å². The Morgan fingerprint density at radius 1 is 1.27 bits per heavy atom. The summed E-state index contributed by atoms with van der Waals surface area (Å²) in [5.41, 5.74) is 6.54. The Morgan fingerprint density at radius 2 is 2.14 bits per heavy atom. The summed E-state index contributed by atoms with van der Waals surface area (Å²) in [5, 5.41) is 5.17. The van der Waals surface area contributed by atoms with E-state index in [1.807, 2.05) is 18.2 Å². The van der Waals surface area contributed by atoms with Crippen molar-refractivity contribution >= 4 is 29.1 Å². The fourth-order valence-corrected chi connectivity index (χ4v) is 3.38. The molecule has 1 aromatic carbocycles. The van der Waals surface area contributed by atoms with Crippen molar-refractivity contribution in [1.82, 2.24) is 5.32 Å². The third-order valence-electron chi connectivity index (χ3n) is 2.99. The van der Waals surface area contributed by atoms with Gasteiger partial charge >= 0.3 is 0 Å². The van der Waals surface area contributed by atoms with Crippen LogP contribution >= 0.6 is 23.1 Å². The molecule has 0 bridgehead atoms. The molecule has 3 N–H and O–H groups in total. The van der Waals surface area contributed by atoms with Gasteiger partial charge < -0.3 is 11.1 Å². The molecule has 2 aromatic rings. The topological polar surface area (TPSA) is 50.4 Å². The summed E-state index contributed by atoms with van der Waals surface area (Å²) in [5.74, 6) is 1.81. The van der Waals surface area contributed by atoms with Gasteiger partial charge in [-0.15, -0.1) is 11.3 Å². The minimum absolute atomic E-state index is 0.145. The van der Waals surface area contributed by atoms with E-state index in [2.05, 4.69) is 21.8 Å². The summed E-state index contributed by atoms with van der Waals surface area (Å²) in [6.45, 7) is 1.43. The fraction of sp³-hybridized carbons (Fsp3) is 0.312. The molecule has 1 aromatic heterocycles. The highest BCUT2D eigenvalue weighted by molar-refractivity contribution is 7.98. The van der Waals surface area contributed by atoms with Crippen LogP contribution in [0, 0.1) is 5.82 Å². The predicted octanol–water partition coefficient (Wildman–Crippen LogP) is 3.27. The normalized spacial score (nSPS) is 11.6. The first kappa shape index (κ1) is 16.8. The molecule has 3 nitrogen and oxygen atoms in total. The van der Waals surface area contributed by atoms with E-state index >= 15 is 0 Å². The standard InChI is InChI=1S/C16H20FN3S2/c17-15-6-2-1-4-13(15)12-21-11-9-20-16(18)19-8-7-14-5-3-10-22-14/h1-6,10H,7-9,11-12H2,(H3,18,19,20). The quantitative estimate of drug-likeness (QED) is 0.442. The summed E-state index contributed by atoms with van der Waals surface area (Å²) >= 11 is 3.40. The minimum Gasteiger partial charge on any atom is -0.370 e. The van der Waals surface area contributed by atoms with E-state index in [-0.39, 0.29) is 5.82 Å². The molecule has 0 saturated carbocycles. The number of benzene rings is 1. The van der Waals surface area contributed by atoms with Crippen molar-refractivity contribution in [3.8, 4) is 0 Å². The van der Waals surface area contributed by atoms with Crippen LogP contribution in [0.15, 0.2) is 46.8 Å². The predicted molar refractivity (Wildman–Crippen MR) is 95.1 cm³/mol. The lowest BCUT2D eigenvalue weighted by Gasteiger charge is -2.05. The van der Waals surface area contributed by atoms with E-state index in [1.54, 1.807) is 29.2 Å². The van der Waals surface area contributed by atoms with Crippen LogP contribution in [0.5, 0.6) is 0 Å². The molecule has 0 amide bonds. The van der Waals surface area contributed by atoms with Crippen molar-refractivity contribution in [3.05, 3.63) is 58.0 Å². The summed E-state index contributed by atoms with van der Waals surface area (Å²) in [4.78, 5) is 5.60. The number of hydrogen-bond donors (Lipinski definition) is 2. The molecule has 22 heavy (non-hydrogen) atoms. The number of aliphatic imine (C=N–C) groups is 1. The molecular formula is C16H20FN3S2. The van der Waals surface area contributed by atoms with Gasteiger partial charge in [-0.3, -0.25) is 4.99 Å². The maximum Gasteiger partial charge on any atom is 0.188 e. The highest BCUT2D eigenvalue weighted by Gasteiger charge is 2.00. The molecule has 1 heterocycles. The van der Waals surface area contributed by atoms with E-state index in [0.29, 0.717) is 18.3 Å². The average Bonchev–Trinajstić information content (AvgIpc) is 3.02. The zero-order valence-electron chi connectivity index (χ0n) is 12.3. The Hall–Kier alpha value is -1.53. The first-order valence-corrected chi connectivity index (χ1v) is 9.16. The summed E-state index contributed by atoms with van der Waals surface area (Å²) in [7, 11) is 0. The molecule has 118 valence electrons. The number of rotatable bonds is 8. The number of guanidine groups is 1. The van der Waals surface area contributed by atoms with Gasteiger partial charge in [0.1, 0.15) is 5.82 Å². The molecule has 0 radical (unpaired) electrons. The van der Waals surface area contributed by atoms with Crippen LogP contribution in [0.25, 0.3) is 0 Å². The van der Waals surface area contributed by atoms with E-state index in [4.69, 9.17) is 5.73 Å². The van der Waals surface area contributed by atoms with Crippen LogP contribution in [0.2, 0.25) is 0 Å². The van der Waals surface area contributed by atoms with Gasteiger partial charge in [0.25, 0.3) is 0 Å². The SMILES string of the molecule is NC(=NCCSCc1ccccc1F)NCCc1cccs1. The van der Waals surface area contributed by atoms with Gasteiger partial charge in [-0.2, -0.15) is 11.8 Å². The van der Waals surface area contributed by atoms with Crippen molar-refractivity contribution in [1.29, 1.82) is 0 Å². The largest absolute Gasteiger partial charge is 0.370 e. The number of nitrogens with two attached hydrogens (primary N) is 1. The van der Waals surface area contributed by atoms with Crippen LogP contribution in [0.3, 0.4) is 0 Å². The Bertz CT molecular complexity index is 585. The van der Waals surface area contributed by atoms with Crippen LogP contribution in [-0.2, 0) is 12.2 Å². The maximum absolute atomic E-state index is 13.4. The number of halogens is 1. The first-order valence-electron chi connectivity index (χ1n) is 7.13. The van der Waals surface area contributed by atoms with Gasteiger partial charge in [-0.1, -0.05) is 24.3 Å². The van der Waals surface area contributed by atoms with E-state index in [1.165, 1.54) is 10.9 Å². The lowest BCUT2D eigenvalue weighted by atomic mass is 10.2. The monoisotopic (exact) mass is 337 g/mol. The van der Waals surface area contributed by atoms with Gasteiger partial charge in [-0.05, 0) is 29.5 Å². The van der Waals surface area contributed by atoms with E-state index in [0.717, 1.165) is 24.3 Å². The molecule has 0 spiro atoms. The van der Waals surface area contributed by atoms with Crippen LogP contribution < -0.4 is 11.1 Å². The molecule has 2 rings (SSSR count). The molecule has 0 aliphatic rings. The summed E-state index contributed by atoms with van der Waals surface area (Å²) < 4.78 is 13.4. The highest BCUT2D eigenvalue weighted by Crippen LogP contribution is 2.14. The van der Waals surface area contributed by atoms with Crippen LogP contribution in [0.1, 0.15) is 10.4 Å². The second-order valence-electron chi connectivity index (χ2n) is 4.67. The fourth-order valence-electron chi connectivity index (χ4n) is 1.85. The van der Waals surface area contributed by atoms with Gasteiger partial charge in [0.2, 0.25) is 0 Å². The molecule has 0 unspecified atom stereocenters. The molecule has 0 aliphatic carbocycles. The van der Waals surface area contributed by atoms with Crippen molar-refractivity contribution < 1.29 is 4.39 Å². The van der Waals surface area contributed by atoms with E-state index < -0.39 is 0 Å². The molecule has 0 aliphatic heterocycles. The number of nitrogens with zero attached hydrogens (tertiary/aromatic N) is 1. The summed E-state index contributed by atoms with van der Waals surface area (Å²) in [6, 6.07) is 11.0. The molecule has 6 heteroatoms. The average molecular weight is 337 g/mol. The Morgan fingerprint density at radius 3 is 2.91 bits per heavy atom. The zero-order chi connectivity index (χ0) is 15.6. The second-order valence-corrected chi connectivity index (χ2v) is 6.80. The third-order valence-corrected chi connectivity index (χ3v) is 4.91. The smallest absolute Gasteiger partial charge is 0.188 e.